The Bertz CT molecular complexity index is 632. The minimum absolute atomic E-state index is 0.102. The van der Waals surface area contributed by atoms with Gasteiger partial charge in [-0.25, -0.2) is 0 Å². The first-order valence-electron chi connectivity index (χ1n) is 5.92. The zero-order valence-corrected chi connectivity index (χ0v) is 11.4. The molecule has 0 saturated heterocycles. The second-order valence-electron chi connectivity index (χ2n) is 4.15. The second kappa shape index (κ2) is 6.13. The van der Waals surface area contributed by atoms with Crippen LogP contribution in [-0.2, 0) is 6.54 Å². The van der Waals surface area contributed by atoms with Gasteiger partial charge in [-0.3, -0.25) is 0 Å². The number of rotatable bonds is 4. The molecule has 0 heterocycles. The molecule has 0 saturated carbocycles. The minimum Gasteiger partial charge on any atom is -0.506 e. The molecule has 112 valence electrons. The van der Waals surface area contributed by atoms with Crippen LogP contribution in [0, 0.1) is 0 Å². The number of benzene rings is 2. The Kier molecular flexibility index (Phi) is 4.47. The van der Waals surface area contributed by atoms with Gasteiger partial charge in [-0.1, -0.05) is 35.9 Å². The van der Waals surface area contributed by atoms with Gasteiger partial charge in [0, 0.05) is 12.1 Å². The lowest BCUT2D eigenvalue weighted by atomic mass is 10.2. The molecule has 0 radical (unpaired) electrons. The molecule has 0 aliphatic carbocycles. The summed E-state index contributed by atoms with van der Waals surface area (Å²) in [6.45, 7) is 0.102. The summed E-state index contributed by atoms with van der Waals surface area (Å²) in [7, 11) is 0. The number of anilines is 1. The number of para-hydroxylation sites is 3. The predicted octanol–water partition coefficient (Wildman–Crippen LogP) is 4.56. The minimum atomic E-state index is -4.77. The molecule has 2 aromatic rings. The normalized spacial score (nSPS) is 11.2. The second-order valence-corrected chi connectivity index (χ2v) is 4.55. The lowest BCUT2D eigenvalue weighted by molar-refractivity contribution is -0.274. The van der Waals surface area contributed by atoms with Crippen LogP contribution in [0.3, 0.4) is 0 Å². The van der Waals surface area contributed by atoms with E-state index in [2.05, 4.69) is 10.1 Å². The fraction of sp³-hybridized carbons (Fsp3) is 0.143. The number of phenols is 1. The number of hydrogen-bond acceptors (Lipinski definition) is 3. The number of halogens is 4. The number of nitrogens with one attached hydrogen (secondary N) is 1. The molecule has 2 rings (SSSR count). The van der Waals surface area contributed by atoms with Crippen molar-refractivity contribution in [3.8, 4) is 11.5 Å². The van der Waals surface area contributed by atoms with Gasteiger partial charge in [0.2, 0.25) is 0 Å². The molecule has 21 heavy (non-hydrogen) atoms. The topological polar surface area (TPSA) is 41.5 Å². The summed E-state index contributed by atoms with van der Waals surface area (Å²) in [6, 6.07) is 10.4. The van der Waals surface area contributed by atoms with Crippen molar-refractivity contribution in [2.24, 2.45) is 0 Å². The van der Waals surface area contributed by atoms with Crippen LogP contribution in [-0.4, -0.2) is 11.5 Å². The molecule has 0 unspecified atom stereocenters. The largest absolute Gasteiger partial charge is 0.573 e. The van der Waals surface area contributed by atoms with Crippen LogP contribution in [0.1, 0.15) is 5.56 Å². The van der Waals surface area contributed by atoms with Crippen LogP contribution in [0.2, 0.25) is 5.02 Å². The van der Waals surface area contributed by atoms with E-state index in [1.165, 1.54) is 24.3 Å². The van der Waals surface area contributed by atoms with Crippen LogP contribution in [0.15, 0.2) is 42.5 Å². The van der Waals surface area contributed by atoms with E-state index in [9.17, 15) is 18.3 Å². The summed E-state index contributed by atoms with van der Waals surface area (Å²) in [6.07, 6.45) is -4.77. The summed E-state index contributed by atoms with van der Waals surface area (Å²) in [5.74, 6) is -0.451. The average molecular weight is 318 g/mol. The first-order chi connectivity index (χ1) is 9.87. The van der Waals surface area contributed by atoms with Crippen LogP contribution >= 0.6 is 11.6 Å². The lowest BCUT2D eigenvalue weighted by Crippen LogP contribution is -2.18. The Morgan fingerprint density at radius 1 is 1.10 bits per heavy atom. The molecule has 0 aromatic heterocycles. The highest BCUT2D eigenvalue weighted by atomic mass is 35.5. The van der Waals surface area contributed by atoms with Crippen molar-refractivity contribution < 1.29 is 23.0 Å². The van der Waals surface area contributed by atoms with E-state index in [1.54, 1.807) is 18.2 Å². The van der Waals surface area contributed by atoms with Gasteiger partial charge in [-0.05, 0) is 18.2 Å². The molecule has 0 bridgehead atoms. The molecule has 2 aromatic carbocycles. The van der Waals surface area contributed by atoms with Crippen LogP contribution in [0.5, 0.6) is 11.5 Å². The quantitative estimate of drug-likeness (QED) is 0.869. The summed E-state index contributed by atoms with van der Waals surface area (Å²) >= 11 is 5.76. The molecule has 0 aliphatic heterocycles. The molecule has 0 aliphatic rings. The highest BCUT2D eigenvalue weighted by Gasteiger charge is 2.32. The molecular weight excluding hydrogens is 307 g/mol. The van der Waals surface area contributed by atoms with Crippen molar-refractivity contribution in [3.05, 3.63) is 53.1 Å². The Hall–Kier alpha value is -2.08. The summed E-state index contributed by atoms with van der Waals surface area (Å²) in [5.41, 5.74) is 0.624. The van der Waals surface area contributed by atoms with Crippen molar-refractivity contribution in [1.29, 1.82) is 0 Å². The fourth-order valence-electron chi connectivity index (χ4n) is 1.72. The maximum atomic E-state index is 12.3. The zero-order chi connectivity index (χ0) is 15.5. The van der Waals surface area contributed by atoms with E-state index in [1.807, 2.05) is 0 Å². The van der Waals surface area contributed by atoms with Gasteiger partial charge in [0.05, 0.1) is 10.7 Å². The van der Waals surface area contributed by atoms with Crippen molar-refractivity contribution in [3.63, 3.8) is 0 Å². The Morgan fingerprint density at radius 3 is 2.52 bits per heavy atom. The van der Waals surface area contributed by atoms with Crippen molar-refractivity contribution >= 4 is 17.3 Å². The molecule has 7 heteroatoms. The first kappa shape index (κ1) is 15.3. The molecule has 0 amide bonds. The summed E-state index contributed by atoms with van der Waals surface area (Å²) < 4.78 is 40.8. The summed E-state index contributed by atoms with van der Waals surface area (Å²) in [5, 5.41) is 12.7. The molecular formula is C14H11ClF3NO2. The molecule has 3 nitrogen and oxygen atoms in total. The highest BCUT2D eigenvalue weighted by Crippen LogP contribution is 2.32. The van der Waals surface area contributed by atoms with Gasteiger partial charge in [0.25, 0.3) is 0 Å². The third-order valence-electron chi connectivity index (χ3n) is 2.65. The third kappa shape index (κ3) is 4.19. The van der Waals surface area contributed by atoms with E-state index >= 15 is 0 Å². The number of phenolic OH excluding ortho intramolecular Hbond substituents is 1. The first-order valence-corrected chi connectivity index (χ1v) is 6.29. The van der Waals surface area contributed by atoms with Gasteiger partial charge in [0.1, 0.15) is 5.75 Å². The van der Waals surface area contributed by atoms with E-state index in [0.29, 0.717) is 5.56 Å². The summed E-state index contributed by atoms with van der Waals surface area (Å²) in [4.78, 5) is 0. The van der Waals surface area contributed by atoms with Gasteiger partial charge in [0.15, 0.2) is 5.75 Å². The van der Waals surface area contributed by atoms with Crippen LogP contribution < -0.4 is 10.1 Å². The Morgan fingerprint density at radius 2 is 1.81 bits per heavy atom. The van der Waals surface area contributed by atoms with Gasteiger partial charge in [-0.15, -0.1) is 13.2 Å². The number of hydrogen-bond donors (Lipinski definition) is 2. The van der Waals surface area contributed by atoms with Crippen LogP contribution in [0.25, 0.3) is 0 Å². The zero-order valence-electron chi connectivity index (χ0n) is 10.6. The van der Waals surface area contributed by atoms with Crippen molar-refractivity contribution in [1.82, 2.24) is 0 Å². The monoisotopic (exact) mass is 317 g/mol. The number of alkyl halides is 3. The van der Waals surface area contributed by atoms with E-state index in [-0.39, 0.29) is 28.8 Å². The van der Waals surface area contributed by atoms with E-state index < -0.39 is 6.36 Å². The number of aromatic hydroxyl groups is 1. The van der Waals surface area contributed by atoms with Crippen molar-refractivity contribution in [2.45, 2.75) is 12.9 Å². The van der Waals surface area contributed by atoms with E-state index in [4.69, 9.17) is 11.6 Å². The SMILES string of the molecule is Oc1c(Cl)cccc1CNc1ccccc1OC(F)(F)F. The highest BCUT2D eigenvalue weighted by molar-refractivity contribution is 6.32. The van der Waals surface area contributed by atoms with Gasteiger partial charge >= 0.3 is 6.36 Å². The predicted molar refractivity (Wildman–Crippen MR) is 73.6 cm³/mol. The molecule has 0 atom stereocenters. The molecule has 2 N–H and O–H groups in total. The van der Waals surface area contributed by atoms with Gasteiger partial charge < -0.3 is 15.2 Å². The van der Waals surface area contributed by atoms with Gasteiger partial charge in [-0.2, -0.15) is 0 Å². The van der Waals surface area contributed by atoms with Crippen molar-refractivity contribution in [2.75, 3.05) is 5.32 Å². The number of ether oxygens (including phenoxy) is 1. The average Bonchev–Trinajstić information content (AvgIpc) is 2.40. The standard InChI is InChI=1S/C14H11ClF3NO2/c15-10-5-3-4-9(13(10)20)8-19-11-6-1-2-7-12(11)21-14(16,17)18/h1-7,19-20H,8H2. The Labute approximate surface area is 123 Å². The lowest BCUT2D eigenvalue weighted by Gasteiger charge is -2.15. The molecule has 0 spiro atoms. The van der Waals surface area contributed by atoms with Crippen LogP contribution in [0.4, 0.5) is 18.9 Å². The third-order valence-corrected chi connectivity index (χ3v) is 2.96. The smallest absolute Gasteiger partial charge is 0.506 e. The molecule has 0 fully saturated rings. The fourth-order valence-corrected chi connectivity index (χ4v) is 1.91. The Balaban J connectivity index is 2.15. The maximum absolute atomic E-state index is 12.3. The maximum Gasteiger partial charge on any atom is 0.573 e. The van der Waals surface area contributed by atoms with E-state index in [0.717, 1.165) is 0 Å².